The number of fused-ring (bicyclic) bond motifs is 3. The van der Waals surface area contributed by atoms with Gasteiger partial charge in [-0.2, -0.15) is 0 Å². The second kappa shape index (κ2) is 58.3. The lowest BCUT2D eigenvalue weighted by Gasteiger charge is -2.28. The molecule has 0 saturated carbocycles. The maximum Gasteiger partial charge on any atom is 0.408 e. The van der Waals surface area contributed by atoms with Crippen LogP contribution >= 0.6 is 0 Å². The largest absolute Gasteiger partial charge is 0.490 e. The monoisotopic (exact) mass is 1460 g/mol. The third kappa shape index (κ3) is 43.1. The number of carbonyl (C=O) groups is 5. The molecule has 0 aliphatic heterocycles. The molecule has 1 atom stereocenters. The minimum Gasteiger partial charge on any atom is -0.490 e. The van der Waals surface area contributed by atoms with E-state index in [4.69, 9.17) is 28.4 Å². The fraction of sp³-hybridized carbons (Fsp3) is 0.747. The van der Waals surface area contributed by atoms with Crippen molar-refractivity contribution in [2.24, 2.45) is 0 Å². The van der Waals surface area contributed by atoms with Gasteiger partial charge in [-0.1, -0.05) is 358 Å². The van der Waals surface area contributed by atoms with E-state index in [1.165, 1.54) is 284 Å². The molecule has 0 unspecified atom stereocenters. The van der Waals surface area contributed by atoms with Crippen molar-refractivity contribution in [2.45, 2.75) is 406 Å². The van der Waals surface area contributed by atoms with Gasteiger partial charge in [0.2, 0.25) is 17.6 Å². The molecule has 0 aromatic heterocycles. The van der Waals surface area contributed by atoms with E-state index < -0.39 is 53.6 Å². The van der Waals surface area contributed by atoms with E-state index in [1.807, 2.05) is 48.5 Å². The van der Waals surface area contributed by atoms with Crippen LogP contribution in [0.15, 0.2) is 60.7 Å². The van der Waals surface area contributed by atoms with Gasteiger partial charge in [0.05, 0.1) is 19.8 Å². The molecule has 0 spiro atoms. The summed E-state index contributed by atoms with van der Waals surface area (Å²) in [5, 5.41) is 8.04. The van der Waals surface area contributed by atoms with Crippen LogP contribution in [0.5, 0.6) is 17.2 Å². The van der Waals surface area contributed by atoms with E-state index in [9.17, 15) is 24.0 Å². The standard InChI is InChI=1S/C91H151N3O11/c1-9-12-15-18-21-24-27-30-33-36-39-42-45-48-51-58-67-100-82-70-75(71-83(101-68-59-52-49-46-43-40-37-34-31-28-25-22-19-16-13-10-2)86(82)102-69-60-53-50-47-44-41-38-35-32-29-26-23-20-17-14-11-3)73-103-85(96)72-92-87(97)81(65-66-84(95)105-90(4,5)6)93-88(98)91(7,8)94-89(99)104-74-80-78-63-56-54-61-76(78)77-62-55-57-64-79(77)80/h54-57,61-64,70-71,80-81H,9-53,58-60,65-69,72-74H2,1-8H3,(H,92,97)(H,93,98)(H,94,99)/t81-/m0/s1. The first kappa shape index (κ1) is 91.6. The summed E-state index contributed by atoms with van der Waals surface area (Å²) in [6.07, 6.45) is 60.7. The molecule has 1 aliphatic rings. The van der Waals surface area contributed by atoms with Crippen LogP contribution in [0.2, 0.25) is 0 Å². The molecular formula is C91H151N3O11. The zero-order valence-electron chi connectivity index (χ0n) is 68.0. The normalized spacial score (nSPS) is 12.3. The molecule has 0 bridgehead atoms. The van der Waals surface area contributed by atoms with Crippen LogP contribution in [-0.2, 0) is 40.0 Å². The number of benzene rings is 3. The summed E-state index contributed by atoms with van der Waals surface area (Å²) in [5.41, 5.74) is 2.56. The van der Waals surface area contributed by atoms with Gasteiger partial charge in [-0.25, -0.2) is 4.79 Å². The molecule has 3 amide bonds. The molecule has 0 fully saturated rings. The van der Waals surface area contributed by atoms with Crippen LogP contribution in [-0.4, -0.2) is 80.0 Å². The maximum absolute atomic E-state index is 14.1. The summed E-state index contributed by atoms with van der Waals surface area (Å²) in [7, 11) is 0. The van der Waals surface area contributed by atoms with Crippen molar-refractivity contribution in [2.75, 3.05) is 33.0 Å². The molecule has 1 aliphatic carbocycles. The average molecular weight is 1460 g/mol. The van der Waals surface area contributed by atoms with Gasteiger partial charge in [0, 0.05) is 12.3 Å². The Hall–Kier alpha value is -5.79. The highest BCUT2D eigenvalue weighted by molar-refractivity contribution is 5.94. The second-order valence-corrected chi connectivity index (χ2v) is 32.0. The molecule has 14 nitrogen and oxygen atoms in total. The summed E-state index contributed by atoms with van der Waals surface area (Å²) in [5.74, 6) is -1.19. The molecule has 0 radical (unpaired) electrons. The number of amides is 3. The molecule has 0 heterocycles. The number of esters is 2. The fourth-order valence-corrected chi connectivity index (χ4v) is 14.3. The molecule has 105 heavy (non-hydrogen) atoms. The highest BCUT2D eigenvalue weighted by Crippen LogP contribution is 2.45. The van der Waals surface area contributed by atoms with Crippen molar-refractivity contribution in [1.29, 1.82) is 0 Å². The van der Waals surface area contributed by atoms with E-state index in [-0.39, 0.29) is 32.0 Å². The Labute approximate surface area is 639 Å². The number of unbranched alkanes of at least 4 members (excludes halogenated alkanes) is 45. The Morgan fingerprint density at radius 2 is 0.762 bits per heavy atom. The Morgan fingerprint density at radius 3 is 1.12 bits per heavy atom. The molecular weight excluding hydrogens is 1310 g/mol. The number of nitrogens with one attached hydrogen (secondary N) is 3. The molecule has 4 rings (SSSR count). The third-order valence-electron chi connectivity index (χ3n) is 20.6. The smallest absolute Gasteiger partial charge is 0.408 e. The number of ether oxygens (including phenoxy) is 6. The van der Waals surface area contributed by atoms with Crippen molar-refractivity contribution >= 4 is 29.8 Å². The second-order valence-electron chi connectivity index (χ2n) is 32.0. The molecule has 14 heteroatoms. The lowest BCUT2D eigenvalue weighted by Crippen LogP contribution is -2.59. The topological polar surface area (TPSA) is 177 Å². The Morgan fingerprint density at radius 1 is 0.419 bits per heavy atom. The minimum atomic E-state index is -1.57. The molecule has 596 valence electrons. The van der Waals surface area contributed by atoms with Crippen molar-refractivity contribution in [1.82, 2.24) is 16.0 Å². The van der Waals surface area contributed by atoms with E-state index in [1.54, 1.807) is 20.8 Å². The minimum absolute atomic E-state index is 0.0387. The van der Waals surface area contributed by atoms with Gasteiger partial charge < -0.3 is 44.4 Å². The van der Waals surface area contributed by atoms with E-state index in [0.717, 1.165) is 60.8 Å². The van der Waals surface area contributed by atoms with Gasteiger partial charge in [0.25, 0.3) is 0 Å². The lowest BCUT2D eigenvalue weighted by atomic mass is 9.98. The Balaban J connectivity index is 1.40. The average Bonchev–Trinajstić information content (AvgIpc) is 1.63. The lowest BCUT2D eigenvalue weighted by molar-refractivity contribution is -0.155. The van der Waals surface area contributed by atoms with E-state index in [2.05, 4.69) is 48.9 Å². The summed E-state index contributed by atoms with van der Waals surface area (Å²) in [6, 6.07) is 18.5. The van der Waals surface area contributed by atoms with Crippen molar-refractivity contribution < 1.29 is 52.4 Å². The van der Waals surface area contributed by atoms with Gasteiger partial charge in [-0.05, 0) is 100 Å². The van der Waals surface area contributed by atoms with Crippen molar-refractivity contribution in [3.05, 3.63) is 77.4 Å². The van der Waals surface area contributed by atoms with Crippen molar-refractivity contribution in [3.8, 4) is 28.4 Å². The summed E-state index contributed by atoms with van der Waals surface area (Å²) < 4.78 is 37.3. The highest BCUT2D eigenvalue weighted by Gasteiger charge is 2.36. The van der Waals surface area contributed by atoms with Crippen LogP contribution in [0, 0.1) is 0 Å². The van der Waals surface area contributed by atoms with Crippen LogP contribution in [0.4, 0.5) is 4.79 Å². The van der Waals surface area contributed by atoms with Gasteiger partial charge in [-0.15, -0.1) is 0 Å². The first-order valence-corrected chi connectivity index (χ1v) is 43.2. The van der Waals surface area contributed by atoms with Gasteiger partial charge in [-0.3, -0.25) is 19.2 Å². The fourth-order valence-electron chi connectivity index (χ4n) is 14.3. The van der Waals surface area contributed by atoms with Crippen LogP contribution in [0.25, 0.3) is 11.1 Å². The van der Waals surface area contributed by atoms with Crippen LogP contribution < -0.4 is 30.2 Å². The Kier molecular flexibility index (Phi) is 50.8. The quantitative estimate of drug-likeness (QED) is 0.0278. The molecule has 3 aromatic carbocycles. The predicted molar refractivity (Wildman–Crippen MR) is 434 cm³/mol. The molecule has 3 N–H and O–H groups in total. The number of hydrogen-bond donors (Lipinski definition) is 3. The summed E-state index contributed by atoms with van der Waals surface area (Å²) >= 11 is 0. The van der Waals surface area contributed by atoms with Gasteiger partial charge in [0.15, 0.2) is 11.5 Å². The molecule has 3 aromatic rings. The van der Waals surface area contributed by atoms with E-state index >= 15 is 0 Å². The van der Waals surface area contributed by atoms with Gasteiger partial charge in [0.1, 0.15) is 36.9 Å². The first-order valence-electron chi connectivity index (χ1n) is 43.2. The van der Waals surface area contributed by atoms with E-state index in [0.29, 0.717) is 42.6 Å². The Bertz CT molecular complexity index is 2650. The summed E-state index contributed by atoms with van der Waals surface area (Å²) in [4.78, 5) is 68.4. The summed E-state index contributed by atoms with van der Waals surface area (Å²) in [6.45, 7) is 16.0. The number of carbonyl (C=O) groups excluding carboxylic acids is 5. The maximum atomic E-state index is 14.1. The number of alkyl carbamates (subject to hydrolysis) is 1. The predicted octanol–water partition coefficient (Wildman–Crippen LogP) is 24.7. The van der Waals surface area contributed by atoms with Crippen LogP contribution in [0.1, 0.15) is 399 Å². The van der Waals surface area contributed by atoms with Gasteiger partial charge >= 0.3 is 18.0 Å². The zero-order valence-corrected chi connectivity index (χ0v) is 68.0. The number of hydrogen-bond acceptors (Lipinski definition) is 11. The molecule has 0 saturated heterocycles. The zero-order chi connectivity index (χ0) is 75.7. The SMILES string of the molecule is CCCCCCCCCCCCCCCCCCOc1cc(COC(=O)CNC(=O)[C@H](CCC(=O)OC(C)(C)C)NC(=O)C(C)(C)NC(=O)OCC2c3ccccc3-c3ccccc32)cc(OCCCCCCCCCCCCCCCCCC)c1OCCCCCCCCCCCCCCCCCC. The first-order chi connectivity index (χ1) is 51.1. The third-order valence-corrected chi connectivity index (χ3v) is 20.6. The number of rotatable bonds is 67. The van der Waals surface area contributed by atoms with Crippen molar-refractivity contribution in [3.63, 3.8) is 0 Å². The highest BCUT2D eigenvalue weighted by atomic mass is 16.6. The van der Waals surface area contributed by atoms with Crippen LogP contribution in [0.3, 0.4) is 0 Å².